The van der Waals surface area contributed by atoms with E-state index in [0.717, 1.165) is 32.5 Å². The van der Waals surface area contributed by atoms with Crippen molar-refractivity contribution in [3.63, 3.8) is 0 Å². The second-order valence-electron chi connectivity index (χ2n) is 4.94. The van der Waals surface area contributed by atoms with E-state index in [-0.39, 0.29) is 5.41 Å². The summed E-state index contributed by atoms with van der Waals surface area (Å²) in [6, 6.07) is 10.9. The Balaban J connectivity index is 2.29. The largest absolute Gasteiger partial charge is 0.303 e. The van der Waals surface area contributed by atoms with Gasteiger partial charge >= 0.3 is 0 Å². The molecule has 0 spiro atoms. The van der Waals surface area contributed by atoms with E-state index < -0.39 is 0 Å². The molecule has 1 heterocycles. The first-order valence-electron chi connectivity index (χ1n) is 6.41. The lowest BCUT2D eigenvalue weighted by atomic mass is 9.72. The molecular weight excluding hydrogens is 208 g/mol. The van der Waals surface area contributed by atoms with Crippen LogP contribution in [0.1, 0.15) is 30.9 Å². The molecular formula is C15H20N2. The van der Waals surface area contributed by atoms with Gasteiger partial charge in [-0.3, -0.25) is 0 Å². The fraction of sp³-hybridized carbons (Fsp3) is 0.533. The van der Waals surface area contributed by atoms with Gasteiger partial charge < -0.3 is 4.90 Å². The summed E-state index contributed by atoms with van der Waals surface area (Å²) in [5.41, 5.74) is 2.23. The van der Waals surface area contributed by atoms with Crippen molar-refractivity contribution in [2.75, 3.05) is 19.6 Å². The summed E-state index contributed by atoms with van der Waals surface area (Å²) >= 11 is 0. The van der Waals surface area contributed by atoms with Gasteiger partial charge in [-0.15, -0.1) is 0 Å². The molecule has 0 N–H and O–H groups in total. The summed E-state index contributed by atoms with van der Waals surface area (Å²) in [7, 11) is 0. The fourth-order valence-electron chi connectivity index (χ4n) is 2.80. The zero-order valence-electron chi connectivity index (χ0n) is 10.7. The maximum Gasteiger partial charge on any atom is 0.0849 e. The fourth-order valence-corrected chi connectivity index (χ4v) is 2.80. The van der Waals surface area contributed by atoms with Crippen molar-refractivity contribution >= 4 is 0 Å². The lowest BCUT2D eigenvalue weighted by Gasteiger charge is -2.37. The zero-order valence-corrected chi connectivity index (χ0v) is 10.7. The molecule has 0 aliphatic carbocycles. The van der Waals surface area contributed by atoms with Crippen LogP contribution in [0.25, 0.3) is 0 Å². The highest BCUT2D eigenvalue weighted by molar-refractivity contribution is 5.39. The average Bonchev–Trinajstić information content (AvgIpc) is 2.39. The SMILES string of the molecule is CCN1CCC(C#N)(c2ccccc2C)CC1. The molecule has 0 unspecified atom stereocenters. The Morgan fingerprint density at radius 2 is 1.94 bits per heavy atom. The van der Waals surface area contributed by atoms with Crippen LogP contribution in [-0.2, 0) is 5.41 Å². The monoisotopic (exact) mass is 228 g/mol. The minimum Gasteiger partial charge on any atom is -0.303 e. The number of rotatable bonds is 2. The van der Waals surface area contributed by atoms with E-state index in [1.807, 2.05) is 12.1 Å². The molecule has 90 valence electrons. The molecule has 0 saturated carbocycles. The van der Waals surface area contributed by atoms with Gasteiger partial charge in [-0.1, -0.05) is 31.2 Å². The summed E-state index contributed by atoms with van der Waals surface area (Å²) in [6.45, 7) is 7.47. The van der Waals surface area contributed by atoms with Gasteiger partial charge in [0.15, 0.2) is 0 Å². The quantitative estimate of drug-likeness (QED) is 0.778. The Labute approximate surface area is 104 Å². The van der Waals surface area contributed by atoms with Crippen molar-refractivity contribution < 1.29 is 0 Å². The first-order valence-corrected chi connectivity index (χ1v) is 6.41. The Bertz CT molecular complexity index is 423. The maximum absolute atomic E-state index is 9.61. The zero-order chi connectivity index (χ0) is 12.3. The molecule has 2 nitrogen and oxygen atoms in total. The molecule has 1 aliphatic rings. The van der Waals surface area contributed by atoms with Gasteiger partial charge in [-0.25, -0.2) is 0 Å². The summed E-state index contributed by atoms with van der Waals surface area (Å²) in [5, 5.41) is 9.61. The predicted molar refractivity (Wildman–Crippen MR) is 69.8 cm³/mol. The van der Waals surface area contributed by atoms with Crippen molar-refractivity contribution in [1.29, 1.82) is 5.26 Å². The Morgan fingerprint density at radius 1 is 1.29 bits per heavy atom. The molecule has 0 aromatic heterocycles. The minimum absolute atomic E-state index is 0.253. The third-order valence-corrected chi connectivity index (χ3v) is 4.03. The van der Waals surface area contributed by atoms with Crippen LogP contribution in [0.3, 0.4) is 0 Å². The smallest absolute Gasteiger partial charge is 0.0849 e. The number of nitrogens with zero attached hydrogens (tertiary/aromatic N) is 2. The second kappa shape index (κ2) is 4.89. The van der Waals surface area contributed by atoms with E-state index in [0.29, 0.717) is 0 Å². The van der Waals surface area contributed by atoms with E-state index in [1.165, 1.54) is 11.1 Å². The number of piperidine rings is 1. The molecule has 1 fully saturated rings. The van der Waals surface area contributed by atoms with Crippen LogP contribution in [-0.4, -0.2) is 24.5 Å². The van der Waals surface area contributed by atoms with Crippen LogP contribution >= 0.6 is 0 Å². The Morgan fingerprint density at radius 3 is 2.47 bits per heavy atom. The predicted octanol–water partition coefficient (Wildman–Crippen LogP) is 2.87. The molecule has 0 amide bonds. The average molecular weight is 228 g/mol. The van der Waals surface area contributed by atoms with Gasteiger partial charge in [0.25, 0.3) is 0 Å². The van der Waals surface area contributed by atoms with Gasteiger partial charge in [0, 0.05) is 0 Å². The molecule has 17 heavy (non-hydrogen) atoms. The van der Waals surface area contributed by atoms with E-state index in [9.17, 15) is 5.26 Å². The molecule has 1 aliphatic heterocycles. The van der Waals surface area contributed by atoms with Crippen molar-refractivity contribution in [1.82, 2.24) is 4.90 Å². The number of likely N-dealkylation sites (tertiary alicyclic amines) is 1. The Hall–Kier alpha value is -1.33. The number of hydrogen-bond donors (Lipinski definition) is 0. The molecule has 2 rings (SSSR count). The lowest BCUT2D eigenvalue weighted by Crippen LogP contribution is -2.42. The van der Waals surface area contributed by atoms with Crippen molar-refractivity contribution in [2.45, 2.75) is 32.1 Å². The van der Waals surface area contributed by atoms with Crippen LogP contribution in [0.2, 0.25) is 0 Å². The molecule has 1 saturated heterocycles. The second-order valence-corrected chi connectivity index (χ2v) is 4.94. The topological polar surface area (TPSA) is 27.0 Å². The number of hydrogen-bond acceptors (Lipinski definition) is 2. The van der Waals surface area contributed by atoms with Crippen molar-refractivity contribution in [3.8, 4) is 6.07 Å². The standard InChI is InChI=1S/C15H20N2/c1-3-17-10-8-15(12-16,9-11-17)14-7-5-4-6-13(14)2/h4-7H,3,8-11H2,1-2H3. The Kier molecular flexibility index (Phi) is 3.49. The number of nitriles is 1. The molecule has 2 heteroatoms. The van der Waals surface area contributed by atoms with Crippen LogP contribution in [0, 0.1) is 18.3 Å². The highest BCUT2D eigenvalue weighted by Crippen LogP contribution is 2.36. The van der Waals surface area contributed by atoms with Gasteiger partial charge in [-0.2, -0.15) is 5.26 Å². The van der Waals surface area contributed by atoms with Gasteiger partial charge in [0.2, 0.25) is 0 Å². The van der Waals surface area contributed by atoms with Gasteiger partial charge in [0.1, 0.15) is 0 Å². The van der Waals surface area contributed by atoms with E-state index in [2.05, 4.69) is 36.9 Å². The van der Waals surface area contributed by atoms with Crippen LogP contribution < -0.4 is 0 Å². The van der Waals surface area contributed by atoms with Gasteiger partial charge in [0.05, 0.1) is 11.5 Å². The molecule has 0 bridgehead atoms. The van der Waals surface area contributed by atoms with Crippen LogP contribution in [0.4, 0.5) is 0 Å². The van der Waals surface area contributed by atoms with Gasteiger partial charge in [-0.05, 0) is 50.5 Å². The van der Waals surface area contributed by atoms with E-state index in [1.54, 1.807) is 0 Å². The highest BCUT2D eigenvalue weighted by atomic mass is 15.1. The van der Waals surface area contributed by atoms with Crippen molar-refractivity contribution in [2.24, 2.45) is 0 Å². The summed E-state index contributed by atoms with van der Waals surface area (Å²) in [5.74, 6) is 0. The molecule has 1 aromatic carbocycles. The maximum atomic E-state index is 9.61. The van der Waals surface area contributed by atoms with E-state index in [4.69, 9.17) is 0 Å². The molecule has 1 aromatic rings. The summed E-state index contributed by atoms with van der Waals surface area (Å²) in [4.78, 5) is 2.42. The van der Waals surface area contributed by atoms with E-state index >= 15 is 0 Å². The number of aryl methyl sites for hydroxylation is 1. The summed E-state index contributed by atoms with van der Waals surface area (Å²) in [6.07, 6.45) is 1.92. The lowest BCUT2D eigenvalue weighted by molar-refractivity contribution is 0.194. The molecule has 0 radical (unpaired) electrons. The third-order valence-electron chi connectivity index (χ3n) is 4.03. The number of benzene rings is 1. The van der Waals surface area contributed by atoms with Crippen LogP contribution in [0.15, 0.2) is 24.3 Å². The first-order chi connectivity index (χ1) is 8.22. The first kappa shape index (κ1) is 12.1. The highest BCUT2D eigenvalue weighted by Gasteiger charge is 2.36. The van der Waals surface area contributed by atoms with Crippen molar-refractivity contribution in [3.05, 3.63) is 35.4 Å². The summed E-state index contributed by atoms with van der Waals surface area (Å²) < 4.78 is 0. The minimum atomic E-state index is -0.253. The van der Waals surface area contributed by atoms with Crippen LogP contribution in [0.5, 0.6) is 0 Å². The molecule has 0 atom stereocenters. The third kappa shape index (κ3) is 2.21. The normalized spacial score (nSPS) is 19.8.